The van der Waals surface area contributed by atoms with E-state index in [0.717, 1.165) is 48.2 Å². The first-order chi connectivity index (χ1) is 11.6. The van der Waals surface area contributed by atoms with Crippen molar-refractivity contribution >= 4 is 11.7 Å². The molecule has 0 saturated heterocycles. The summed E-state index contributed by atoms with van der Waals surface area (Å²) in [5, 5.41) is 9.95. The van der Waals surface area contributed by atoms with Gasteiger partial charge in [0.25, 0.3) is 5.56 Å². The molecule has 2 amide bonds. The Morgan fingerprint density at radius 3 is 2.75 bits per heavy atom. The summed E-state index contributed by atoms with van der Waals surface area (Å²) in [6.45, 7) is 2.71. The first-order valence-corrected chi connectivity index (χ1v) is 8.33. The number of benzene rings is 1. The van der Waals surface area contributed by atoms with Crippen molar-refractivity contribution in [3.8, 4) is 0 Å². The van der Waals surface area contributed by atoms with Crippen molar-refractivity contribution in [1.82, 2.24) is 15.1 Å². The standard InChI is InChI=1S/C18H22N4O2/c1-13-6-8-15(9-7-13)20-18(24)19-10-11-22-17(23)12-14-4-2-3-5-16(14)21-22/h6-9,12H,2-5,10-11H2,1H3,(H2,19,20,24). The molecule has 0 spiro atoms. The molecule has 2 N–H and O–H groups in total. The van der Waals surface area contributed by atoms with Crippen LogP contribution < -0.4 is 16.2 Å². The van der Waals surface area contributed by atoms with E-state index in [1.165, 1.54) is 4.68 Å². The second-order valence-electron chi connectivity index (χ2n) is 6.13. The maximum absolute atomic E-state index is 12.1. The van der Waals surface area contributed by atoms with Gasteiger partial charge in [-0.05, 0) is 50.3 Å². The van der Waals surface area contributed by atoms with E-state index in [4.69, 9.17) is 0 Å². The first-order valence-electron chi connectivity index (χ1n) is 8.33. The maximum Gasteiger partial charge on any atom is 0.319 e. The molecule has 1 aromatic heterocycles. The minimum atomic E-state index is -0.287. The van der Waals surface area contributed by atoms with Gasteiger partial charge in [0, 0.05) is 18.3 Å². The zero-order chi connectivity index (χ0) is 16.9. The Hall–Kier alpha value is -2.63. The fourth-order valence-electron chi connectivity index (χ4n) is 2.85. The van der Waals surface area contributed by atoms with Crippen LogP contribution in [0.4, 0.5) is 10.5 Å². The van der Waals surface area contributed by atoms with Gasteiger partial charge in [-0.15, -0.1) is 0 Å². The summed E-state index contributed by atoms with van der Waals surface area (Å²) in [6.07, 6.45) is 4.11. The predicted molar refractivity (Wildman–Crippen MR) is 93.3 cm³/mol. The van der Waals surface area contributed by atoms with E-state index in [1.54, 1.807) is 6.07 Å². The van der Waals surface area contributed by atoms with E-state index < -0.39 is 0 Å². The number of carbonyl (C=O) groups excluding carboxylic acids is 1. The highest BCUT2D eigenvalue weighted by Gasteiger charge is 2.13. The summed E-state index contributed by atoms with van der Waals surface area (Å²) in [5.74, 6) is 0. The van der Waals surface area contributed by atoms with Crippen molar-refractivity contribution in [2.75, 3.05) is 11.9 Å². The summed E-state index contributed by atoms with van der Waals surface area (Å²) >= 11 is 0. The molecule has 3 rings (SSSR count). The van der Waals surface area contributed by atoms with Crippen LogP contribution in [0.25, 0.3) is 0 Å². The highest BCUT2D eigenvalue weighted by atomic mass is 16.2. The monoisotopic (exact) mass is 326 g/mol. The molecule has 6 heteroatoms. The average Bonchev–Trinajstić information content (AvgIpc) is 2.57. The lowest BCUT2D eigenvalue weighted by atomic mass is 9.97. The van der Waals surface area contributed by atoms with Gasteiger partial charge in [-0.1, -0.05) is 17.7 Å². The van der Waals surface area contributed by atoms with Crippen LogP contribution in [0.2, 0.25) is 0 Å². The summed E-state index contributed by atoms with van der Waals surface area (Å²) in [6, 6.07) is 8.98. The van der Waals surface area contributed by atoms with Gasteiger partial charge in [-0.2, -0.15) is 5.10 Å². The molecule has 1 aliphatic rings. The van der Waals surface area contributed by atoms with E-state index in [9.17, 15) is 9.59 Å². The third-order valence-corrected chi connectivity index (χ3v) is 4.19. The molecule has 0 radical (unpaired) electrons. The minimum Gasteiger partial charge on any atom is -0.336 e. The van der Waals surface area contributed by atoms with Gasteiger partial charge < -0.3 is 10.6 Å². The van der Waals surface area contributed by atoms with Gasteiger partial charge in [0.05, 0.1) is 12.2 Å². The molecule has 1 heterocycles. The Morgan fingerprint density at radius 2 is 1.96 bits per heavy atom. The van der Waals surface area contributed by atoms with Crippen molar-refractivity contribution in [2.45, 2.75) is 39.2 Å². The van der Waals surface area contributed by atoms with Crippen molar-refractivity contribution in [3.05, 3.63) is 57.5 Å². The lowest BCUT2D eigenvalue weighted by Gasteiger charge is -2.16. The molecule has 0 bridgehead atoms. The Kier molecular flexibility index (Phi) is 4.93. The van der Waals surface area contributed by atoms with Crippen LogP contribution in [-0.2, 0) is 19.4 Å². The second kappa shape index (κ2) is 7.29. The zero-order valence-corrected chi connectivity index (χ0v) is 13.8. The van der Waals surface area contributed by atoms with Crippen molar-refractivity contribution in [3.63, 3.8) is 0 Å². The number of fused-ring (bicyclic) bond motifs is 1. The largest absolute Gasteiger partial charge is 0.336 e. The lowest BCUT2D eigenvalue weighted by molar-refractivity contribution is 0.251. The number of aryl methyl sites for hydroxylation is 3. The van der Waals surface area contributed by atoms with E-state index in [1.807, 2.05) is 31.2 Å². The van der Waals surface area contributed by atoms with Crippen LogP contribution in [0.1, 0.15) is 29.7 Å². The third-order valence-electron chi connectivity index (χ3n) is 4.19. The lowest BCUT2D eigenvalue weighted by Crippen LogP contribution is -2.35. The number of rotatable bonds is 4. The molecular weight excluding hydrogens is 304 g/mol. The van der Waals surface area contributed by atoms with Crippen LogP contribution in [0.3, 0.4) is 0 Å². The highest BCUT2D eigenvalue weighted by Crippen LogP contribution is 2.16. The van der Waals surface area contributed by atoms with Gasteiger partial charge >= 0.3 is 6.03 Å². The van der Waals surface area contributed by atoms with E-state index in [2.05, 4.69) is 15.7 Å². The van der Waals surface area contributed by atoms with E-state index in [-0.39, 0.29) is 11.6 Å². The minimum absolute atomic E-state index is 0.101. The number of carbonyl (C=O) groups is 1. The summed E-state index contributed by atoms with van der Waals surface area (Å²) < 4.78 is 1.44. The molecule has 126 valence electrons. The van der Waals surface area contributed by atoms with E-state index in [0.29, 0.717) is 13.1 Å². The van der Waals surface area contributed by atoms with Crippen LogP contribution in [0, 0.1) is 6.92 Å². The van der Waals surface area contributed by atoms with Crippen LogP contribution in [-0.4, -0.2) is 22.4 Å². The molecule has 0 fully saturated rings. The second-order valence-corrected chi connectivity index (χ2v) is 6.13. The Labute approximate surface area is 140 Å². The highest BCUT2D eigenvalue weighted by molar-refractivity contribution is 5.89. The quantitative estimate of drug-likeness (QED) is 0.905. The Balaban J connectivity index is 1.53. The molecule has 24 heavy (non-hydrogen) atoms. The molecular formula is C18H22N4O2. The first kappa shape index (κ1) is 16.2. The van der Waals surface area contributed by atoms with Gasteiger partial charge in [0.2, 0.25) is 0 Å². The zero-order valence-electron chi connectivity index (χ0n) is 13.8. The summed E-state index contributed by atoms with van der Waals surface area (Å²) in [5.41, 5.74) is 3.87. The molecule has 2 aromatic rings. The van der Waals surface area contributed by atoms with Crippen molar-refractivity contribution < 1.29 is 4.79 Å². The normalized spacial score (nSPS) is 13.2. The van der Waals surface area contributed by atoms with Crippen LogP contribution >= 0.6 is 0 Å². The number of urea groups is 1. The van der Waals surface area contributed by atoms with Crippen LogP contribution in [0.15, 0.2) is 35.1 Å². The predicted octanol–water partition coefficient (Wildman–Crippen LogP) is 2.25. The molecule has 0 saturated carbocycles. The molecule has 0 unspecified atom stereocenters. The van der Waals surface area contributed by atoms with Gasteiger partial charge in [-0.3, -0.25) is 4.79 Å². The molecule has 1 aliphatic carbocycles. The number of anilines is 1. The van der Waals surface area contributed by atoms with Crippen molar-refractivity contribution in [2.24, 2.45) is 0 Å². The van der Waals surface area contributed by atoms with Crippen LogP contribution in [0.5, 0.6) is 0 Å². The number of hydrogen-bond acceptors (Lipinski definition) is 3. The number of nitrogens with zero attached hydrogens (tertiary/aromatic N) is 2. The van der Waals surface area contributed by atoms with Gasteiger partial charge in [0.15, 0.2) is 0 Å². The molecule has 1 aromatic carbocycles. The number of amides is 2. The number of aromatic nitrogens is 2. The SMILES string of the molecule is Cc1ccc(NC(=O)NCCn2nc3c(cc2=O)CCCC3)cc1. The summed E-state index contributed by atoms with van der Waals surface area (Å²) in [7, 11) is 0. The third kappa shape index (κ3) is 4.01. The van der Waals surface area contributed by atoms with Gasteiger partial charge in [0.1, 0.15) is 0 Å². The molecule has 0 atom stereocenters. The smallest absolute Gasteiger partial charge is 0.319 e. The fourth-order valence-corrected chi connectivity index (χ4v) is 2.85. The van der Waals surface area contributed by atoms with Gasteiger partial charge in [-0.25, -0.2) is 9.48 Å². The Morgan fingerprint density at radius 1 is 1.21 bits per heavy atom. The summed E-state index contributed by atoms with van der Waals surface area (Å²) in [4.78, 5) is 23.9. The van der Waals surface area contributed by atoms with Crippen molar-refractivity contribution in [1.29, 1.82) is 0 Å². The number of hydrogen-bond donors (Lipinski definition) is 2. The van der Waals surface area contributed by atoms with E-state index >= 15 is 0 Å². The number of nitrogens with one attached hydrogen (secondary N) is 2. The topological polar surface area (TPSA) is 76.0 Å². The maximum atomic E-state index is 12.1. The molecule has 6 nitrogen and oxygen atoms in total. The molecule has 0 aliphatic heterocycles. The average molecular weight is 326 g/mol. The Bertz CT molecular complexity index is 781. The fraction of sp³-hybridized carbons (Fsp3) is 0.389.